The Labute approximate surface area is 143 Å². The number of aromatic nitrogens is 3. The average Bonchev–Trinajstić information content (AvgIpc) is 2.63. The van der Waals surface area contributed by atoms with E-state index in [0.29, 0.717) is 23.1 Å². The fourth-order valence-corrected chi connectivity index (χ4v) is 2.19. The van der Waals surface area contributed by atoms with Crippen molar-refractivity contribution in [3.05, 3.63) is 77.5 Å². The number of hydrogen-bond acceptors (Lipinski definition) is 5. The van der Waals surface area contributed by atoms with Crippen molar-refractivity contribution in [3.8, 4) is 0 Å². The Bertz CT molecular complexity index is 841. The second-order valence-corrected chi connectivity index (χ2v) is 5.30. The van der Waals surface area contributed by atoms with E-state index in [1.165, 1.54) is 6.33 Å². The van der Waals surface area contributed by atoms with Crippen molar-refractivity contribution >= 4 is 29.0 Å². The summed E-state index contributed by atoms with van der Waals surface area (Å²) in [4.78, 5) is 24.6. The van der Waals surface area contributed by atoms with Crippen molar-refractivity contribution in [1.82, 2.24) is 15.0 Å². The van der Waals surface area contributed by atoms with Gasteiger partial charge in [-0.05, 0) is 24.3 Å². The van der Waals surface area contributed by atoms with Crippen molar-refractivity contribution in [2.45, 2.75) is 6.54 Å². The van der Waals surface area contributed by atoms with E-state index >= 15 is 0 Å². The molecule has 0 unspecified atom stereocenters. The second-order valence-electron chi connectivity index (χ2n) is 4.90. The minimum atomic E-state index is -0.355. The van der Waals surface area contributed by atoms with Gasteiger partial charge in [0.05, 0.1) is 22.9 Å². The molecular weight excluding hydrogens is 326 g/mol. The monoisotopic (exact) mass is 339 g/mol. The van der Waals surface area contributed by atoms with Crippen LogP contribution in [0.2, 0.25) is 5.02 Å². The molecule has 0 radical (unpaired) electrons. The first-order valence-corrected chi connectivity index (χ1v) is 7.62. The van der Waals surface area contributed by atoms with Crippen LogP contribution in [0, 0.1) is 0 Å². The van der Waals surface area contributed by atoms with Gasteiger partial charge in [0.25, 0.3) is 5.91 Å². The number of para-hydroxylation sites is 1. The van der Waals surface area contributed by atoms with Crippen LogP contribution < -0.4 is 10.6 Å². The van der Waals surface area contributed by atoms with Crippen LogP contribution >= 0.6 is 11.6 Å². The lowest BCUT2D eigenvalue weighted by atomic mass is 10.3. The van der Waals surface area contributed by atoms with Crippen LogP contribution in [-0.2, 0) is 6.54 Å². The maximum Gasteiger partial charge on any atom is 0.274 e. The maximum atomic E-state index is 12.3. The highest BCUT2D eigenvalue weighted by Crippen LogP contribution is 2.21. The van der Waals surface area contributed by atoms with E-state index in [9.17, 15) is 4.79 Å². The van der Waals surface area contributed by atoms with E-state index in [-0.39, 0.29) is 11.6 Å². The van der Waals surface area contributed by atoms with Gasteiger partial charge in [0.15, 0.2) is 0 Å². The normalized spacial score (nSPS) is 10.2. The molecule has 0 fully saturated rings. The molecule has 0 saturated heterocycles. The number of nitrogens with zero attached hydrogens (tertiary/aromatic N) is 3. The van der Waals surface area contributed by atoms with Gasteiger partial charge in [-0.15, -0.1) is 0 Å². The minimum absolute atomic E-state index is 0.244. The predicted molar refractivity (Wildman–Crippen MR) is 93.0 cm³/mol. The third-order valence-corrected chi connectivity index (χ3v) is 3.53. The molecule has 0 aliphatic carbocycles. The molecule has 0 spiro atoms. The Morgan fingerprint density at radius 2 is 1.88 bits per heavy atom. The number of rotatable bonds is 5. The Morgan fingerprint density at radius 3 is 2.67 bits per heavy atom. The summed E-state index contributed by atoms with van der Waals surface area (Å²) in [6.45, 7) is 0.503. The van der Waals surface area contributed by atoms with Gasteiger partial charge in [-0.25, -0.2) is 9.97 Å². The van der Waals surface area contributed by atoms with Crippen LogP contribution in [0.25, 0.3) is 0 Å². The zero-order chi connectivity index (χ0) is 16.8. The molecule has 2 heterocycles. The number of carbonyl (C=O) groups is 1. The van der Waals surface area contributed by atoms with E-state index in [2.05, 4.69) is 25.6 Å². The van der Waals surface area contributed by atoms with Gasteiger partial charge >= 0.3 is 0 Å². The van der Waals surface area contributed by atoms with Crippen molar-refractivity contribution < 1.29 is 4.79 Å². The van der Waals surface area contributed by atoms with Crippen LogP contribution in [0.5, 0.6) is 0 Å². The molecule has 7 heteroatoms. The number of anilines is 2. The lowest BCUT2D eigenvalue weighted by Crippen LogP contribution is -2.15. The smallest absolute Gasteiger partial charge is 0.274 e. The maximum absolute atomic E-state index is 12.3. The van der Waals surface area contributed by atoms with E-state index in [4.69, 9.17) is 11.6 Å². The SMILES string of the molecule is O=C(Nc1ccccc1Cl)c1cc(NCc2ccccn2)ncn1. The number of hydrogen-bond donors (Lipinski definition) is 2. The van der Waals surface area contributed by atoms with Gasteiger partial charge in [0, 0.05) is 12.3 Å². The standard InChI is InChI=1S/C17H14ClN5O/c18-13-6-1-2-7-14(13)23-17(24)15-9-16(22-11-21-15)20-10-12-5-3-4-8-19-12/h1-9,11H,10H2,(H,23,24)(H,20,21,22). The summed E-state index contributed by atoms with van der Waals surface area (Å²) in [5, 5.41) is 6.30. The highest BCUT2D eigenvalue weighted by atomic mass is 35.5. The molecule has 0 aliphatic rings. The predicted octanol–water partition coefficient (Wildman–Crippen LogP) is 3.39. The lowest BCUT2D eigenvalue weighted by molar-refractivity contribution is 0.102. The molecule has 24 heavy (non-hydrogen) atoms. The number of halogens is 1. The lowest BCUT2D eigenvalue weighted by Gasteiger charge is -2.08. The van der Waals surface area contributed by atoms with Gasteiger partial charge in [-0.3, -0.25) is 9.78 Å². The van der Waals surface area contributed by atoms with Crippen LogP contribution in [0.4, 0.5) is 11.5 Å². The number of benzene rings is 1. The molecule has 0 aliphatic heterocycles. The largest absolute Gasteiger partial charge is 0.364 e. The summed E-state index contributed by atoms with van der Waals surface area (Å²) >= 11 is 6.04. The molecule has 3 aromatic rings. The van der Waals surface area contributed by atoms with Gasteiger partial charge in [0.2, 0.25) is 0 Å². The molecule has 1 aromatic carbocycles. The van der Waals surface area contributed by atoms with E-state index in [1.807, 2.05) is 18.2 Å². The Kier molecular flexibility index (Phi) is 4.98. The molecule has 6 nitrogen and oxygen atoms in total. The minimum Gasteiger partial charge on any atom is -0.364 e. The van der Waals surface area contributed by atoms with Crippen molar-refractivity contribution in [1.29, 1.82) is 0 Å². The number of amides is 1. The van der Waals surface area contributed by atoms with Gasteiger partial charge < -0.3 is 10.6 Å². The highest BCUT2D eigenvalue weighted by molar-refractivity contribution is 6.33. The molecular formula is C17H14ClN5O. The molecule has 2 N–H and O–H groups in total. The van der Waals surface area contributed by atoms with Gasteiger partial charge in [-0.2, -0.15) is 0 Å². The molecule has 120 valence electrons. The fraction of sp³-hybridized carbons (Fsp3) is 0.0588. The summed E-state index contributed by atoms with van der Waals surface area (Å²) in [5.41, 5.74) is 1.65. The quantitative estimate of drug-likeness (QED) is 0.744. The fourth-order valence-electron chi connectivity index (χ4n) is 2.01. The third kappa shape index (κ3) is 4.05. The first kappa shape index (κ1) is 15.9. The van der Waals surface area contributed by atoms with Gasteiger partial charge in [0.1, 0.15) is 17.8 Å². The van der Waals surface area contributed by atoms with Crippen LogP contribution in [0.3, 0.4) is 0 Å². The van der Waals surface area contributed by atoms with E-state index in [0.717, 1.165) is 5.69 Å². The Morgan fingerprint density at radius 1 is 1.04 bits per heavy atom. The number of nitrogens with one attached hydrogen (secondary N) is 2. The van der Waals surface area contributed by atoms with Crippen LogP contribution in [0.1, 0.15) is 16.2 Å². The van der Waals surface area contributed by atoms with Gasteiger partial charge in [-0.1, -0.05) is 29.8 Å². The van der Waals surface area contributed by atoms with Crippen molar-refractivity contribution in [3.63, 3.8) is 0 Å². The Hall–Kier alpha value is -2.99. The summed E-state index contributed by atoms with van der Waals surface area (Å²) in [7, 11) is 0. The zero-order valence-electron chi connectivity index (χ0n) is 12.6. The summed E-state index contributed by atoms with van der Waals surface area (Å²) in [6.07, 6.45) is 3.06. The van der Waals surface area contributed by atoms with E-state index in [1.54, 1.807) is 36.5 Å². The van der Waals surface area contributed by atoms with Crippen molar-refractivity contribution in [2.24, 2.45) is 0 Å². The first-order chi connectivity index (χ1) is 11.7. The van der Waals surface area contributed by atoms with Crippen LogP contribution in [-0.4, -0.2) is 20.9 Å². The number of pyridine rings is 1. The number of carbonyl (C=O) groups excluding carboxylic acids is 1. The highest BCUT2D eigenvalue weighted by Gasteiger charge is 2.10. The summed E-state index contributed by atoms with van der Waals surface area (Å²) < 4.78 is 0. The van der Waals surface area contributed by atoms with Crippen LogP contribution in [0.15, 0.2) is 61.1 Å². The first-order valence-electron chi connectivity index (χ1n) is 7.24. The van der Waals surface area contributed by atoms with Crippen molar-refractivity contribution in [2.75, 3.05) is 10.6 Å². The molecule has 1 amide bonds. The zero-order valence-corrected chi connectivity index (χ0v) is 13.4. The molecule has 0 bridgehead atoms. The summed E-state index contributed by atoms with van der Waals surface area (Å²) in [5.74, 6) is 0.186. The molecule has 2 aromatic heterocycles. The summed E-state index contributed by atoms with van der Waals surface area (Å²) in [6, 6.07) is 14.3. The Balaban J connectivity index is 1.68. The molecule has 0 saturated carbocycles. The topological polar surface area (TPSA) is 79.8 Å². The molecule has 3 rings (SSSR count). The third-order valence-electron chi connectivity index (χ3n) is 3.20. The second kappa shape index (κ2) is 7.52. The average molecular weight is 340 g/mol. The van der Waals surface area contributed by atoms with E-state index < -0.39 is 0 Å². The molecule has 0 atom stereocenters.